The second-order valence-electron chi connectivity index (χ2n) is 4.20. The standard InChI is InChI=1S/C12H22O/c1-2-3-4-6-9-12(13)10-7-5-8-11-12/h3-4,13H,2,5-11H2,1H3. The predicted octanol–water partition coefficient (Wildman–Crippen LogP) is 3.43. The van der Waals surface area contributed by atoms with Gasteiger partial charge in [0.2, 0.25) is 0 Å². The minimum atomic E-state index is -0.323. The van der Waals surface area contributed by atoms with Gasteiger partial charge in [-0.1, -0.05) is 38.3 Å². The molecule has 0 aromatic heterocycles. The molecule has 0 amide bonds. The van der Waals surface area contributed by atoms with Crippen LogP contribution in [0.3, 0.4) is 0 Å². The first-order valence-corrected chi connectivity index (χ1v) is 5.64. The zero-order valence-corrected chi connectivity index (χ0v) is 8.76. The van der Waals surface area contributed by atoms with E-state index in [1.165, 1.54) is 19.3 Å². The van der Waals surface area contributed by atoms with Crippen LogP contribution in [0.25, 0.3) is 0 Å². The van der Waals surface area contributed by atoms with Crippen molar-refractivity contribution in [1.82, 2.24) is 0 Å². The van der Waals surface area contributed by atoms with E-state index in [0.29, 0.717) is 0 Å². The molecule has 0 spiro atoms. The van der Waals surface area contributed by atoms with Gasteiger partial charge in [0, 0.05) is 0 Å². The fourth-order valence-electron chi connectivity index (χ4n) is 2.10. The second kappa shape index (κ2) is 5.43. The van der Waals surface area contributed by atoms with Gasteiger partial charge in [0.1, 0.15) is 0 Å². The first kappa shape index (κ1) is 10.8. The topological polar surface area (TPSA) is 20.2 Å². The Bertz CT molecular complexity index is 155. The molecule has 1 aliphatic carbocycles. The van der Waals surface area contributed by atoms with Crippen LogP contribution in [0.15, 0.2) is 12.2 Å². The van der Waals surface area contributed by atoms with Gasteiger partial charge < -0.3 is 5.11 Å². The van der Waals surface area contributed by atoms with Gasteiger partial charge in [0.05, 0.1) is 5.60 Å². The molecule has 0 heterocycles. The van der Waals surface area contributed by atoms with Crippen LogP contribution in [-0.2, 0) is 0 Å². The molecule has 0 bridgehead atoms. The summed E-state index contributed by atoms with van der Waals surface area (Å²) in [4.78, 5) is 0. The van der Waals surface area contributed by atoms with Crippen molar-refractivity contribution in [1.29, 1.82) is 0 Å². The normalized spacial score (nSPS) is 22.3. The Hall–Kier alpha value is -0.300. The van der Waals surface area contributed by atoms with E-state index < -0.39 is 0 Å². The largest absolute Gasteiger partial charge is 0.390 e. The highest BCUT2D eigenvalue weighted by Gasteiger charge is 2.27. The molecule has 1 N–H and O–H groups in total. The summed E-state index contributed by atoms with van der Waals surface area (Å²) in [6.45, 7) is 2.14. The van der Waals surface area contributed by atoms with Gasteiger partial charge in [-0.2, -0.15) is 0 Å². The first-order valence-electron chi connectivity index (χ1n) is 5.64. The quantitative estimate of drug-likeness (QED) is 0.660. The summed E-state index contributed by atoms with van der Waals surface area (Å²) in [7, 11) is 0. The Kier molecular flexibility index (Phi) is 4.51. The van der Waals surface area contributed by atoms with E-state index in [2.05, 4.69) is 19.1 Å². The van der Waals surface area contributed by atoms with E-state index in [0.717, 1.165) is 32.1 Å². The minimum Gasteiger partial charge on any atom is -0.390 e. The predicted molar refractivity (Wildman–Crippen MR) is 56.7 cm³/mol. The third-order valence-electron chi connectivity index (χ3n) is 2.96. The Morgan fingerprint density at radius 3 is 2.46 bits per heavy atom. The van der Waals surface area contributed by atoms with Crippen molar-refractivity contribution in [3.8, 4) is 0 Å². The lowest BCUT2D eigenvalue weighted by atomic mass is 9.82. The van der Waals surface area contributed by atoms with Crippen LogP contribution >= 0.6 is 0 Å². The van der Waals surface area contributed by atoms with Gasteiger partial charge >= 0.3 is 0 Å². The smallest absolute Gasteiger partial charge is 0.0650 e. The van der Waals surface area contributed by atoms with Gasteiger partial charge in [-0.3, -0.25) is 0 Å². The molecule has 13 heavy (non-hydrogen) atoms. The summed E-state index contributed by atoms with van der Waals surface area (Å²) in [5, 5.41) is 10.1. The lowest BCUT2D eigenvalue weighted by Crippen LogP contribution is -2.30. The fourth-order valence-corrected chi connectivity index (χ4v) is 2.10. The third kappa shape index (κ3) is 3.95. The lowest BCUT2D eigenvalue weighted by Gasteiger charge is -2.31. The average Bonchev–Trinajstić information content (AvgIpc) is 2.14. The number of allylic oxidation sites excluding steroid dienone is 2. The molecule has 1 nitrogen and oxygen atoms in total. The molecular formula is C12H22O. The zero-order valence-electron chi connectivity index (χ0n) is 8.76. The van der Waals surface area contributed by atoms with Crippen molar-refractivity contribution in [2.24, 2.45) is 0 Å². The van der Waals surface area contributed by atoms with Crippen LogP contribution in [0, 0.1) is 0 Å². The van der Waals surface area contributed by atoms with Gasteiger partial charge in [-0.05, 0) is 32.1 Å². The highest BCUT2D eigenvalue weighted by atomic mass is 16.3. The SMILES string of the molecule is CCC=CCCC1(O)CCCCC1. The summed E-state index contributed by atoms with van der Waals surface area (Å²) in [6, 6.07) is 0. The summed E-state index contributed by atoms with van der Waals surface area (Å²) < 4.78 is 0. The molecular weight excluding hydrogens is 160 g/mol. The van der Waals surface area contributed by atoms with Crippen LogP contribution in [0.2, 0.25) is 0 Å². The molecule has 1 aliphatic rings. The van der Waals surface area contributed by atoms with Gasteiger partial charge in [-0.15, -0.1) is 0 Å². The van der Waals surface area contributed by atoms with Crippen molar-refractivity contribution in [3.63, 3.8) is 0 Å². The molecule has 0 radical (unpaired) electrons. The number of rotatable bonds is 4. The van der Waals surface area contributed by atoms with Gasteiger partial charge in [0.15, 0.2) is 0 Å². The van der Waals surface area contributed by atoms with Gasteiger partial charge in [0.25, 0.3) is 0 Å². The molecule has 1 heteroatoms. The monoisotopic (exact) mass is 182 g/mol. The maximum Gasteiger partial charge on any atom is 0.0650 e. The van der Waals surface area contributed by atoms with Crippen LogP contribution in [0.5, 0.6) is 0 Å². The van der Waals surface area contributed by atoms with Gasteiger partial charge in [-0.25, -0.2) is 0 Å². The molecule has 1 saturated carbocycles. The number of hydrogen-bond donors (Lipinski definition) is 1. The molecule has 0 saturated heterocycles. The van der Waals surface area contributed by atoms with E-state index in [-0.39, 0.29) is 5.60 Å². The number of hydrogen-bond acceptors (Lipinski definition) is 1. The maximum absolute atomic E-state index is 10.1. The highest BCUT2D eigenvalue weighted by Crippen LogP contribution is 2.31. The molecule has 0 aromatic rings. The van der Waals surface area contributed by atoms with Crippen LogP contribution in [-0.4, -0.2) is 10.7 Å². The lowest BCUT2D eigenvalue weighted by molar-refractivity contribution is -0.00283. The van der Waals surface area contributed by atoms with E-state index in [4.69, 9.17) is 0 Å². The van der Waals surface area contributed by atoms with Crippen LogP contribution < -0.4 is 0 Å². The van der Waals surface area contributed by atoms with Crippen LogP contribution in [0.4, 0.5) is 0 Å². The molecule has 1 fully saturated rings. The summed E-state index contributed by atoms with van der Waals surface area (Å²) in [6.07, 6.45) is 13.3. The molecule has 0 atom stereocenters. The third-order valence-corrected chi connectivity index (χ3v) is 2.96. The van der Waals surface area contributed by atoms with E-state index in [1.807, 2.05) is 0 Å². The van der Waals surface area contributed by atoms with E-state index >= 15 is 0 Å². The number of aliphatic hydroxyl groups is 1. The van der Waals surface area contributed by atoms with E-state index in [9.17, 15) is 5.11 Å². The van der Waals surface area contributed by atoms with E-state index in [1.54, 1.807) is 0 Å². The Morgan fingerprint density at radius 2 is 1.85 bits per heavy atom. The molecule has 0 aromatic carbocycles. The first-order chi connectivity index (χ1) is 6.27. The fraction of sp³-hybridized carbons (Fsp3) is 0.833. The van der Waals surface area contributed by atoms with Crippen molar-refractivity contribution in [2.75, 3.05) is 0 Å². The second-order valence-corrected chi connectivity index (χ2v) is 4.20. The Morgan fingerprint density at radius 1 is 1.15 bits per heavy atom. The Labute approximate surface area is 81.9 Å². The van der Waals surface area contributed by atoms with Crippen molar-refractivity contribution >= 4 is 0 Å². The maximum atomic E-state index is 10.1. The molecule has 1 rings (SSSR count). The van der Waals surface area contributed by atoms with Crippen molar-refractivity contribution < 1.29 is 5.11 Å². The minimum absolute atomic E-state index is 0.323. The van der Waals surface area contributed by atoms with Crippen LogP contribution in [0.1, 0.15) is 58.3 Å². The molecule has 0 aliphatic heterocycles. The summed E-state index contributed by atoms with van der Waals surface area (Å²) >= 11 is 0. The molecule has 76 valence electrons. The van der Waals surface area contributed by atoms with Crippen molar-refractivity contribution in [3.05, 3.63) is 12.2 Å². The summed E-state index contributed by atoms with van der Waals surface area (Å²) in [5.41, 5.74) is -0.323. The summed E-state index contributed by atoms with van der Waals surface area (Å²) in [5.74, 6) is 0. The molecule has 0 unspecified atom stereocenters. The highest BCUT2D eigenvalue weighted by molar-refractivity contribution is 4.87. The van der Waals surface area contributed by atoms with Crippen molar-refractivity contribution in [2.45, 2.75) is 63.9 Å². The Balaban J connectivity index is 2.21. The zero-order chi connectivity index (χ0) is 9.57. The average molecular weight is 182 g/mol.